The molecule has 150 valence electrons. The van der Waals surface area contributed by atoms with Crippen LogP contribution in [0.2, 0.25) is 0 Å². The predicted molar refractivity (Wildman–Crippen MR) is 116 cm³/mol. The predicted octanol–water partition coefficient (Wildman–Crippen LogP) is 4.30. The quantitative estimate of drug-likeness (QED) is 0.655. The van der Waals surface area contributed by atoms with Gasteiger partial charge in [0.15, 0.2) is 0 Å². The number of ether oxygens (including phenoxy) is 1. The lowest BCUT2D eigenvalue weighted by Crippen LogP contribution is -2.28. The number of aromatic nitrogens is 1. The minimum absolute atomic E-state index is 0.0801. The third kappa shape index (κ3) is 4.57. The summed E-state index contributed by atoms with van der Waals surface area (Å²) in [6, 6.07) is 18.1. The maximum atomic E-state index is 13.0. The third-order valence-corrected chi connectivity index (χ3v) is 5.30. The van der Waals surface area contributed by atoms with Crippen LogP contribution in [0.25, 0.3) is 10.9 Å². The summed E-state index contributed by atoms with van der Waals surface area (Å²) in [5, 5.41) is 4.06. The molecule has 0 unspecified atom stereocenters. The van der Waals surface area contributed by atoms with E-state index in [1.54, 1.807) is 0 Å². The molecule has 2 heterocycles. The van der Waals surface area contributed by atoms with Crippen molar-refractivity contribution in [1.29, 1.82) is 0 Å². The summed E-state index contributed by atoms with van der Waals surface area (Å²) in [7, 11) is 0. The van der Waals surface area contributed by atoms with Crippen molar-refractivity contribution in [2.24, 2.45) is 0 Å². The molecule has 1 amide bonds. The van der Waals surface area contributed by atoms with Crippen LogP contribution in [0.15, 0.2) is 54.6 Å². The van der Waals surface area contributed by atoms with Crippen LogP contribution in [0, 0.1) is 0 Å². The third-order valence-electron chi connectivity index (χ3n) is 5.30. The Bertz CT molecular complexity index is 979. The average Bonchev–Trinajstić information content (AvgIpc) is 3.30. The number of anilines is 1. The lowest BCUT2D eigenvalue weighted by Gasteiger charge is -2.20. The number of rotatable bonds is 7. The molecule has 1 aliphatic rings. The molecule has 1 aromatic heterocycles. The molecule has 1 N–H and O–H groups in total. The SMILES string of the molecule is CCOCc1ccc(CNC(=O)c2cc3ccccc3nc2N2CCCC2)cc1. The lowest BCUT2D eigenvalue weighted by molar-refractivity contribution is 0.0951. The first kappa shape index (κ1) is 19.4. The highest BCUT2D eigenvalue weighted by molar-refractivity contribution is 6.02. The highest BCUT2D eigenvalue weighted by atomic mass is 16.5. The van der Waals surface area contributed by atoms with E-state index < -0.39 is 0 Å². The van der Waals surface area contributed by atoms with Crippen LogP contribution in [0.3, 0.4) is 0 Å². The van der Waals surface area contributed by atoms with E-state index in [1.807, 2.05) is 61.5 Å². The standard InChI is InChI=1S/C24H27N3O2/c1-2-29-17-19-11-9-18(10-12-19)16-25-24(28)21-15-20-7-3-4-8-22(20)26-23(21)27-13-5-6-14-27/h3-4,7-12,15H,2,5-6,13-14,16-17H2,1H3,(H,25,28). The molecule has 1 fully saturated rings. The fourth-order valence-electron chi connectivity index (χ4n) is 3.69. The average molecular weight is 389 g/mol. The van der Waals surface area contributed by atoms with Gasteiger partial charge >= 0.3 is 0 Å². The molecule has 4 rings (SSSR count). The second kappa shape index (κ2) is 9.05. The Morgan fingerprint density at radius 1 is 1.07 bits per heavy atom. The highest BCUT2D eigenvalue weighted by Gasteiger charge is 2.22. The number of carbonyl (C=O) groups is 1. The Morgan fingerprint density at radius 3 is 2.55 bits per heavy atom. The van der Waals surface area contributed by atoms with Crippen molar-refractivity contribution in [3.8, 4) is 0 Å². The van der Waals surface area contributed by atoms with E-state index >= 15 is 0 Å². The first-order valence-electron chi connectivity index (χ1n) is 10.3. The summed E-state index contributed by atoms with van der Waals surface area (Å²) in [5.74, 6) is 0.717. The molecule has 0 spiro atoms. The summed E-state index contributed by atoms with van der Waals surface area (Å²) < 4.78 is 5.43. The van der Waals surface area contributed by atoms with E-state index in [0.717, 1.165) is 53.8 Å². The summed E-state index contributed by atoms with van der Waals surface area (Å²) in [6.07, 6.45) is 2.29. The smallest absolute Gasteiger partial charge is 0.255 e. The van der Waals surface area contributed by atoms with Crippen LogP contribution in [-0.4, -0.2) is 30.6 Å². The lowest BCUT2D eigenvalue weighted by atomic mass is 10.1. The fourth-order valence-corrected chi connectivity index (χ4v) is 3.69. The zero-order valence-electron chi connectivity index (χ0n) is 16.9. The number of hydrogen-bond acceptors (Lipinski definition) is 4. The van der Waals surface area contributed by atoms with Gasteiger partial charge in [0.05, 0.1) is 17.7 Å². The second-order valence-electron chi connectivity index (χ2n) is 7.38. The minimum Gasteiger partial charge on any atom is -0.377 e. The van der Waals surface area contributed by atoms with Gasteiger partial charge in [-0.25, -0.2) is 4.98 Å². The monoisotopic (exact) mass is 389 g/mol. The van der Waals surface area contributed by atoms with E-state index in [9.17, 15) is 4.79 Å². The number of benzene rings is 2. The first-order valence-corrected chi connectivity index (χ1v) is 10.3. The number of hydrogen-bond donors (Lipinski definition) is 1. The van der Waals surface area contributed by atoms with Crippen LogP contribution in [0.1, 0.15) is 41.3 Å². The second-order valence-corrected chi connectivity index (χ2v) is 7.38. The Kier molecular flexibility index (Phi) is 6.06. The molecule has 0 bridgehead atoms. The van der Waals surface area contributed by atoms with Crippen LogP contribution in [0.5, 0.6) is 0 Å². The molecule has 5 nitrogen and oxygen atoms in total. The van der Waals surface area contributed by atoms with Crippen LogP contribution >= 0.6 is 0 Å². The zero-order valence-corrected chi connectivity index (χ0v) is 16.9. The van der Waals surface area contributed by atoms with E-state index in [4.69, 9.17) is 9.72 Å². The number of para-hydroxylation sites is 1. The van der Waals surface area contributed by atoms with Gasteiger partial charge in [0, 0.05) is 31.6 Å². The Labute approximate surface area is 171 Å². The summed E-state index contributed by atoms with van der Waals surface area (Å²) in [4.78, 5) is 20.1. The van der Waals surface area contributed by atoms with Crippen LogP contribution < -0.4 is 10.2 Å². The van der Waals surface area contributed by atoms with Gasteiger partial charge in [0.1, 0.15) is 5.82 Å². The normalized spacial score (nSPS) is 13.8. The Morgan fingerprint density at radius 2 is 1.79 bits per heavy atom. The van der Waals surface area contributed by atoms with Crippen LogP contribution in [-0.2, 0) is 17.9 Å². The van der Waals surface area contributed by atoms with Gasteiger partial charge in [-0.2, -0.15) is 0 Å². The van der Waals surface area contributed by atoms with Crippen molar-refractivity contribution in [3.63, 3.8) is 0 Å². The molecule has 3 aromatic rings. The fraction of sp³-hybridized carbons (Fsp3) is 0.333. The molecule has 5 heteroatoms. The molecule has 0 radical (unpaired) electrons. The minimum atomic E-state index is -0.0801. The number of nitrogens with zero attached hydrogens (tertiary/aromatic N) is 2. The topological polar surface area (TPSA) is 54.5 Å². The van der Waals surface area contributed by atoms with Crippen molar-refractivity contribution >= 4 is 22.6 Å². The van der Waals surface area contributed by atoms with Gasteiger partial charge in [-0.15, -0.1) is 0 Å². The Balaban J connectivity index is 1.52. The number of amides is 1. The van der Waals surface area contributed by atoms with Crippen molar-refractivity contribution in [2.75, 3.05) is 24.6 Å². The number of carbonyl (C=O) groups excluding carboxylic acids is 1. The number of pyridine rings is 1. The van der Waals surface area contributed by atoms with Gasteiger partial charge in [-0.3, -0.25) is 4.79 Å². The van der Waals surface area contributed by atoms with E-state index in [2.05, 4.69) is 10.2 Å². The summed E-state index contributed by atoms with van der Waals surface area (Å²) in [5.41, 5.74) is 3.78. The largest absolute Gasteiger partial charge is 0.377 e. The van der Waals surface area contributed by atoms with Gasteiger partial charge < -0.3 is 15.0 Å². The van der Waals surface area contributed by atoms with Crippen molar-refractivity contribution < 1.29 is 9.53 Å². The van der Waals surface area contributed by atoms with Gasteiger partial charge in [-0.05, 0) is 43.0 Å². The van der Waals surface area contributed by atoms with Gasteiger partial charge in [0.2, 0.25) is 0 Å². The Hall–Kier alpha value is -2.92. The highest BCUT2D eigenvalue weighted by Crippen LogP contribution is 2.26. The maximum Gasteiger partial charge on any atom is 0.255 e. The molecule has 29 heavy (non-hydrogen) atoms. The van der Waals surface area contributed by atoms with E-state index in [1.165, 1.54) is 0 Å². The summed E-state index contributed by atoms with van der Waals surface area (Å²) in [6.45, 7) is 5.70. The molecule has 1 aliphatic heterocycles. The number of fused-ring (bicyclic) bond motifs is 1. The molecule has 0 saturated carbocycles. The van der Waals surface area contributed by atoms with Crippen molar-refractivity contribution in [1.82, 2.24) is 10.3 Å². The molecule has 0 aliphatic carbocycles. The van der Waals surface area contributed by atoms with Crippen molar-refractivity contribution in [2.45, 2.75) is 32.9 Å². The van der Waals surface area contributed by atoms with Gasteiger partial charge in [0.25, 0.3) is 5.91 Å². The molecule has 1 saturated heterocycles. The maximum absolute atomic E-state index is 13.0. The van der Waals surface area contributed by atoms with Gasteiger partial charge in [-0.1, -0.05) is 42.5 Å². The number of nitrogens with one attached hydrogen (secondary N) is 1. The molecular weight excluding hydrogens is 362 g/mol. The van der Waals surface area contributed by atoms with E-state index in [0.29, 0.717) is 25.3 Å². The van der Waals surface area contributed by atoms with Crippen LogP contribution in [0.4, 0.5) is 5.82 Å². The van der Waals surface area contributed by atoms with E-state index in [-0.39, 0.29) is 5.91 Å². The molecule has 2 aromatic carbocycles. The molecular formula is C24H27N3O2. The zero-order chi connectivity index (χ0) is 20.1. The molecule has 0 atom stereocenters. The first-order chi connectivity index (χ1) is 14.2. The van der Waals surface area contributed by atoms with Crippen molar-refractivity contribution in [3.05, 3.63) is 71.3 Å². The summed E-state index contributed by atoms with van der Waals surface area (Å²) >= 11 is 0.